The monoisotopic (exact) mass is 532 g/mol. The van der Waals surface area contributed by atoms with E-state index in [0.29, 0.717) is 11.3 Å². The molecule has 0 aromatic heterocycles. The molecular weight excluding hydrogens is 508 g/mol. The Morgan fingerprint density at radius 3 is 2.23 bits per heavy atom. The molecule has 2 aromatic carbocycles. The normalized spacial score (nSPS) is 12.9. The highest BCUT2D eigenvalue weighted by Gasteiger charge is 2.43. The Balaban J connectivity index is 2.55. The minimum Gasteiger partial charge on any atom is -0.493 e. The maximum absolute atomic E-state index is 13.3. The number of amides is 2. The van der Waals surface area contributed by atoms with E-state index in [1.807, 2.05) is 0 Å². The van der Waals surface area contributed by atoms with Gasteiger partial charge in [0.1, 0.15) is 6.42 Å². The number of hydrogen-bond donors (Lipinski definition) is 0. The van der Waals surface area contributed by atoms with Crippen LogP contribution in [0.2, 0.25) is 10.0 Å². The molecule has 0 radical (unpaired) electrons. The summed E-state index contributed by atoms with van der Waals surface area (Å²) in [6.45, 7) is 3.42. The molecule has 2 amide bonds. The Hall–Kier alpha value is -2.91. The second kappa shape index (κ2) is 11.7. The number of para-hydroxylation sites is 2. The number of ether oxygens (including phenoxy) is 2. The quantitative estimate of drug-likeness (QED) is 0.355. The van der Waals surface area contributed by atoms with E-state index in [0.717, 1.165) is 4.90 Å². The Morgan fingerprint density at radius 1 is 1.06 bits per heavy atom. The molecule has 2 aromatic rings. The van der Waals surface area contributed by atoms with Gasteiger partial charge in [0.2, 0.25) is 5.91 Å². The summed E-state index contributed by atoms with van der Waals surface area (Å²) in [6.07, 6.45) is -5.65. The van der Waals surface area contributed by atoms with Crippen LogP contribution in [-0.2, 0) is 10.3 Å². The lowest BCUT2D eigenvalue weighted by molar-refractivity contribution is -0.161. The highest BCUT2D eigenvalue weighted by atomic mass is 35.5. The third-order valence-corrected chi connectivity index (χ3v) is 6.14. The van der Waals surface area contributed by atoms with Crippen LogP contribution in [0.15, 0.2) is 55.1 Å². The van der Waals surface area contributed by atoms with E-state index in [1.54, 1.807) is 24.3 Å². The van der Waals surface area contributed by atoms with Crippen LogP contribution in [0.25, 0.3) is 0 Å². The van der Waals surface area contributed by atoms with Crippen molar-refractivity contribution in [3.63, 3.8) is 0 Å². The lowest BCUT2D eigenvalue weighted by atomic mass is 9.84. The summed E-state index contributed by atoms with van der Waals surface area (Å²) in [7, 11) is 4.05. The molecule has 0 spiro atoms. The first-order chi connectivity index (χ1) is 16.3. The number of likely N-dealkylation sites (N-methyl/N-ethyl adjacent to an activating group) is 2. The van der Waals surface area contributed by atoms with Crippen molar-refractivity contribution in [2.75, 3.05) is 27.7 Å². The van der Waals surface area contributed by atoms with Gasteiger partial charge in [-0.3, -0.25) is 9.69 Å². The van der Waals surface area contributed by atoms with Crippen LogP contribution in [0.3, 0.4) is 0 Å². The average Bonchev–Trinajstić information content (AvgIpc) is 2.79. The fraction of sp³-hybridized carbons (Fsp3) is 0.333. The van der Waals surface area contributed by atoms with Crippen LogP contribution < -0.4 is 9.47 Å². The molecule has 0 saturated heterocycles. The Labute approximate surface area is 211 Å². The number of carbonyl (C=O) groups is 2. The summed E-state index contributed by atoms with van der Waals surface area (Å²) in [5.41, 5.74) is -0.983. The molecule has 0 N–H and O–H groups in total. The Morgan fingerprint density at radius 2 is 1.69 bits per heavy atom. The first kappa shape index (κ1) is 28.3. The van der Waals surface area contributed by atoms with Crippen molar-refractivity contribution in [1.29, 1.82) is 0 Å². The predicted octanol–water partition coefficient (Wildman–Crippen LogP) is 6.32. The van der Waals surface area contributed by atoms with Gasteiger partial charge in [-0.05, 0) is 36.2 Å². The molecule has 35 heavy (non-hydrogen) atoms. The molecule has 1 atom stereocenters. The second-order valence-electron chi connectivity index (χ2n) is 7.77. The molecule has 11 heteroatoms. The summed E-state index contributed by atoms with van der Waals surface area (Å²) in [6, 6.07) is 11.0. The van der Waals surface area contributed by atoms with Gasteiger partial charge in [-0.1, -0.05) is 47.5 Å². The van der Waals surface area contributed by atoms with Gasteiger partial charge in [-0.25, -0.2) is 4.79 Å². The molecule has 0 bridgehead atoms. The maximum atomic E-state index is 13.3. The summed E-state index contributed by atoms with van der Waals surface area (Å²) in [5.74, 6) is -0.733. The zero-order chi connectivity index (χ0) is 26.4. The molecule has 0 aliphatic heterocycles. The SMILES string of the molecule is C=CCC(CN(C)C(=O)CC(F)(F)F)(c1ccc(Cl)c(Cl)c1)N(C)C(=O)Oc1ccccc1OC. The minimum atomic E-state index is -4.69. The zero-order valence-electron chi connectivity index (χ0n) is 19.4. The Bertz CT molecular complexity index is 1080. The minimum absolute atomic E-state index is 0.0477. The van der Waals surface area contributed by atoms with Crippen molar-refractivity contribution in [3.05, 3.63) is 70.7 Å². The fourth-order valence-corrected chi connectivity index (χ4v) is 3.86. The average molecular weight is 533 g/mol. The molecule has 0 heterocycles. The molecule has 190 valence electrons. The Kier molecular flexibility index (Phi) is 9.45. The standard InChI is InChI=1S/C24H25Cl2F3N2O4/c1-5-12-23(16-10-11-17(25)18(26)13-16,15-30(2)21(32)14-24(27,28)29)31(3)22(33)35-20-9-7-6-8-19(20)34-4/h5-11,13H,1,12,14-15H2,2-4H3. The number of methoxy groups -OCH3 is 1. The predicted molar refractivity (Wildman–Crippen MR) is 128 cm³/mol. The number of halogens is 5. The first-order valence-electron chi connectivity index (χ1n) is 10.3. The van der Waals surface area contributed by atoms with E-state index in [1.165, 1.54) is 50.4 Å². The van der Waals surface area contributed by atoms with Crippen LogP contribution in [0.4, 0.5) is 18.0 Å². The number of nitrogens with zero attached hydrogens (tertiary/aromatic N) is 2. The molecule has 0 saturated carbocycles. The van der Waals surface area contributed by atoms with E-state index >= 15 is 0 Å². The van der Waals surface area contributed by atoms with Gasteiger partial charge in [-0.15, -0.1) is 6.58 Å². The van der Waals surface area contributed by atoms with Crippen molar-refractivity contribution in [2.24, 2.45) is 0 Å². The highest BCUT2D eigenvalue weighted by Crippen LogP contribution is 2.38. The van der Waals surface area contributed by atoms with Crippen LogP contribution in [0.5, 0.6) is 11.5 Å². The van der Waals surface area contributed by atoms with Crippen molar-refractivity contribution >= 4 is 35.2 Å². The smallest absolute Gasteiger partial charge is 0.415 e. The number of alkyl halides is 3. The van der Waals surface area contributed by atoms with Crippen molar-refractivity contribution in [1.82, 2.24) is 9.80 Å². The largest absolute Gasteiger partial charge is 0.493 e. The topological polar surface area (TPSA) is 59.1 Å². The van der Waals surface area contributed by atoms with Crippen LogP contribution >= 0.6 is 23.2 Å². The molecule has 6 nitrogen and oxygen atoms in total. The van der Waals surface area contributed by atoms with Crippen LogP contribution in [0.1, 0.15) is 18.4 Å². The summed E-state index contributed by atoms with van der Waals surface area (Å²) >= 11 is 12.3. The van der Waals surface area contributed by atoms with E-state index in [4.69, 9.17) is 32.7 Å². The number of rotatable bonds is 9. The fourth-order valence-electron chi connectivity index (χ4n) is 3.56. The summed E-state index contributed by atoms with van der Waals surface area (Å²) in [4.78, 5) is 27.7. The van der Waals surface area contributed by atoms with Gasteiger partial charge in [0.15, 0.2) is 11.5 Å². The van der Waals surface area contributed by atoms with E-state index in [9.17, 15) is 22.8 Å². The second-order valence-corrected chi connectivity index (χ2v) is 8.59. The third kappa shape index (κ3) is 7.05. The van der Waals surface area contributed by atoms with E-state index < -0.39 is 30.1 Å². The van der Waals surface area contributed by atoms with Crippen molar-refractivity contribution in [2.45, 2.75) is 24.6 Å². The van der Waals surface area contributed by atoms with Crippen LogP contribution in [0, 0.1) is 0 Å². The van der Waals surface area contributed by atoms with Crippen LogP contribution in [-0.4, -0.2) is 55.7 Å². The molecule has 2 rings (SSSR count). The van der Waals surface area contributed by atoms with Crippen molar-refractivity contribution in [3.8, 4) is 11.5 Å². The van der Waals surface area contributed by atoms with E-state index in [2.05, 4.69) is 6.58 Å². The summed E-state index contributed by atoms with van der Waals surface area (Å²) in [5, 5.41) is 0.400. The lowest BCUT2D eigenvalue weighted by Crippen LogP contribution is -2.55. The van der Waals surface area contributed by atoms with Crippen molar-refractivity contribution < 1.29 is 32.2 Å². The van der Waals surface area contributed by atoms with Gasteiger partial charge >= 0.3 is 12.3 Å². The third-order valence-electron chi connectivity index (χ3n) is 5.40. The number of benzene rings is 2. The lowest BCUT2D eigenvalue weighted by Gasteiger charge is -2.43. The van der Waals surface area contributed by atoms with Gasteiger partial charge < -0.3 is 14.4 Å². The number of hydrogen-bond acceptors (Lipinski definition) is 4. The van der Waals surface area contributed by atoms with Gasteiger partial charge in [0, 0.05) is 20.6 Å². The molecule has 0 aliphatic carbocycles. The zero-order valence-corrected chi connectivity index (χ0v) is 20.9. The molecular formula is C24H25Cl2F3N2O4. The number of carbonyl (C=O) groups excluding carboxylic acids is 2. The van der Waals surface area contributed by atoms with Gasteiger partial charge in [-0.2, -0.15) is 13.2 Å². The highest BCUT2D eigenvalue weighted by molar-refractivity contribution is 6.42. The maximum Gasteiger partial charge on any atom is 0.415 e. The first-order valence-corrected chi connectivity index (χ1v) is 11.1. The van der Waals surface area contributed by atoms with Gasteiger partial charge in [0.25, 0.3) is 0 Å². The summed E-state index contributed by atoms with van der Waals surface area (Å²) < 4.78 is 49.4. The van der Waals surface area contributed by atoms with E-state index in [-0.39, 0.29) is 28.8 Å². The molecule has 1 unspecified atom stereocenters. The molecule has 0 aliphatic rings. The van der Waals surface area contributed by atoms with Gasteiger partial charge in [0.05, 0.1) is 22.7 Å². The molecule has 0 fully saturated rings.